The topological polar surface area (TPSA) is 48.5 Å². The van der Waals surface area contributed by atoms with E-state index in [-0.39, 0.29) is 11.4 Å². The molecule has 134 valence electrons. The van der Waals surface area contributed by atoms with Crippen molar-refractivity contribution in [1.82, 2.24) is 15.2 Å². The maximum absolute atomic E-state index is 13.1. The molecule has 6 heteroatoms. The Hall–Kier alpha value is -1.14. The molecular weight excluding hydrogens is 320 g/mol. The zero-order chi connectivity index (χ0) is 17.0. The van der Waals surface area contributed by atoms with Crippen molar-refractivity contribution in [2.24, 2.45) is 0 Å². The van der Waals surface area contributed by atoms with Crippen molar-refractivity contribution in [3.63, 3.8) is 0 Å². The van der Waals surface area contributed by atoms with E-state index in [0.717, 1.165) is 36.8 Å². The van der Waals surface area contributed by atoms with Gasteiger partial charge in [-0.3, -0.25) is 9.69 Å². The van der Waals surface area contributed by atoms with E-state index in [2.05, 4.69) is 15.2 Å². The Balaban J connectivity index is 1.66. The van der Waals surface area contributed by atoms with Crippen LogP contribution in [-0.2, 0) is 11.3 Å². The molecule has 5 nitrogen and oxygen atoms in total. The number of nitrogens with zero attached hydrogens (tertiary/aromatic N) is 3. The van der Waals surface area contributed by atoms with E-state index in [0.29, 0.717) is 6.54 Å². The summed E-state index contributed by atoms with van der Waals surface area (Å²) in [6, 6.07) is 0. The standard InChI is InChI=1S/C18H30N4OS/c1-21(2)17-20-15(14-24-17)13-19-16(23)18(9-5-3-6-10-18)22-11-7-4-8-12-22/h14H,3-13H2,1-2H3,(H,19,23). The molecule has 3 rings (SSSR count). The lowest BCUT2D eigenvalue weighted by molar-refractivity contribution is -0.137. The third-order valence-corrected chi connectivity index (χ3v) is 6.47. The van der Waals surface area contributed by atoms with Gasteiger partial charge in [-0.15, -0.1) is 11.3 Å². The molecule has 0 unspecified atom stereocenters. The Morgan fingerprint density at radius 2 is 1.88 bits per heavy atom. The van der Waals surface area contributed by atoms with E-state index >= 15 is 0 Å². The number of carbonyl (C=O) groups is 1. The number of hydrogen-bond acceptors (Lipinski definition) is 5. The van der Waals surface area contributed by atoms with Crippen molar-refractivity contribution in [3.8, 4) is 0 Å². The molecule has 1 aromatic rings. The van der Waals surface area contributed by atoms with Crippen molar-refractivity contribution in [2.45, 2.75) is 63.5 Å². The summed E-state index contributed by atoms with van der Waals surface area (Å²) in [5.41, 5.74) is 0.695. The van der Waals surface area contributed by atoms with Crippen LogP contribution in [0.4, 0.5) is 5.13 Å². The Kier molecular flexibility index (Phi) is 5.76. The molecule has 1 saturated heterocycles. The summed E-state index contributed by atoms with van der Waals surface area (Å²) in [5.74, 6) is 0.225. The maximum atomic E-state index is 13.1. The van der Waals surface area contributed by atoms with Gasteiger partial charge in [0.05, 0.1) is 12.2 Å². The van der Waals surface area contributed by atoms with Crippen molar-refractivity contribution in [3.05, 3.63) is 11.1 Å². The second-order valence-electron chi connectivity index (χ2n) is 7.34. The minimum absolute atomic E-state index is 0.225. The second kappa shape index (κ2) is 7.83. The lowest BCUT2D eigenvalue weighted by atomic mass is 9.78. The van der Waals surface area contributed by atoms with E-state index < -0.39 is 0 Å². The molecular formula is C18H30N4OS. The van der Waals surface area contributed by atoms with Gasteiger partial charge >= 0.3 is 0 Å². The lowest BCUT2D eigenvalue weighted by Gasteiger charge is -2.46. The highest BCUT2D eigenvalue weighted by molar-refractivity contribution is 7.13. The van der Waals surface area contributed by atoms with Crippen molar-refractivity contribution < 1.29 is 4.79 Å². The van der Waals surface area contributed by atoms with Crippen LogP contribution in [0.1, 0.15) is 57.1 Å². The molecule has 0 spiro atoms. The van der Waals surface area contributed by atoms with Crippen molar-refractivity contribution in [1.29, 1.82) is 0 Å². The summed E-state index contributed by atoms with van der Waals surface area (Å²) in [7, 11) is 3.99. The van der Waals surface area contributed by atoms with Crippen LogP contribution in [0.2, 0.25) is 0 Å². The normalized spacial score (nSPS) is 21.4. The predicted molar refractivity (Wildman–Crippen MR) is 99.5 cm³/mol. The lowest BCUT2D eigenvalue weighted by Crippen LogP contribution is -2.60. The maximum Gasteiger partial charge on any atom is 0.240 e. The van der Waals surface area contributed by atoms with Crippen LogP contribution in [0.15, 0.2) is 5.38 Å². The third-order valence-electron chi connectivity index (χ3n) is 5.42. The molecule has 0 radical (unpaired) electrons. The van der Waals surface area contributed by atoms with Crippen molar-refractivity contribution in [2.75, 3.05) is 32.1 Å². The molecule has 1 saturated carbocycles. The summed E-state index contributed by atoms with van der Waals surface area (Å²) in [6.45, 7) is 2.70. The number of anilines is 1. The quantitative estimate of drug-likeness (QED) is 0.887. The molecule has 1 aliphatic heterocycles. The van der Waals surface area contributed by atoms with E-state index in [9.17, 15) is 4.79 Å². The number of piperidine rings is 1. The number of hydrogen-bond donors (Lipinski definition) is 1. The number of thiazole rings is 1. The molecule has 2 fully saturated rings. The first-order valence-corrected chi connectivity index (χ1v) is 10.1. The molecule has 1 aromatic heterocycles. The van der Waals surface area contributed by atoms with Crippen LogP contribution >= 0.6 is 11.3 Å². The highest BCUT2D eigenvalue weighted by Crippen LogP contribution is 2.36. The van der Waals surface area contributed by atoms with Gasteiger partial charge in [0.15, 0.2) is 5.13 Å². The van der Waals surface area contributed by atoms with E-state index in [1.165, 1.54) is 38.5 Å². The number of carbonyl (C=O) groups excluding carboxylic acids is 1. The highest BCUT2D eigenvalue weighted by atomic mass is 32.1. The smallest absolute Gasteiger partial charge is 0.240 e. The average molecular weight is 351 g/mol. The van der Waals surface area contributed by atoms with Crippen LogP contribution in [0.25, 0.3) is 0 Å². The molecule has 1 amide bonds. The first-order chi connectivity index (χ1) is 11.6. The first-order valence-electron chi connectivity index (χ1n) is 9.27. The van der Waals surface area contributed by atoms with Crippen LogP contribution in [0.5, 0.6) is 0 Å². The fraction of sp³-hybridized carbons (Fsp3) is 0.778. The van der Waals surface area contributed by atoms with Crippen LogP contribution in [0.3, 0.4) is 0 Å². The van der Waals surface area contributed by atoms with Crippen LogP contribution in [-0.4, -0.2) is 48.5 Å². The fourth-order valence-electron chi connectivity index (χ4n) is 4.06. The minimum atomic E-state index is -0.265. The molecule has 1 N–H and O–H groups in total. The van der Waals surface area contributed by atoms with Gasteiger partial charge in [0.2, 0.25) is 5.91 Å². The van der Waals surface area contributed by atoms with Gasteiger partial charge in [-0.05, 0) is 38.8 Å². The number of nitrogens with one attached hydrogen (secondary N) is 1. The van der Waals surface area contributed by atoms with Crippen LogP contribution < -0.4 is 10.2 Å². The Labute approximate surface area is 149 Å². The molecule has 2 aliphatic rings. The summed E-state index contributed by atoms with van der Waals surface area (Å²) in [5, 5.41) is 6.24. The summed E-state index contributed by atoms with van der Waals surface area (Å²) < 4.78 is 0. The number of likely N-dealkylation sites (tertiary alicyclic amines) is 1. The van der Waals surface area contributed by atoms with Gasteiger partial charge in [-0.1, -0.05) is 25.7 Å². The summed E-state index contributed by atoms with van der Waals surface area (Å²) in [4.78, 5) is 22.2. The SMILES string of the molecule is CN(C)c1nc(CNC(=O)C2(N3CCCCC3)CCCCC2)cs1. The van der Waals surface area contributed by atoms with Gasteiger partial charge in [0.1, 0.15) is 5.54 Å². The Morgan fingerprint density at radius 3 is 2.50 bits per heavy atom. The van der Waals surface area contributed by atoms with Gasteiger partial charge < -0.3 is 10.2 Å². The van der Waals surface area contributed by atoms with Gasteiger partial charge in [0, 0.05) is 19.5 Å². The zero-order valence-electron chi connectivity index (χ0n) is 15.0. The zero-order valence-corrected chi connectivity index (χ0v) is 15.8. The predicted octanol–water partition coefficient (Wildman–Crippen LogP) is 3.01. The molecule has 0 aromatic carbocycles. The number of rotatable bonds is 5. The molecule has 2 heterocycles. The average Bonchev–Trinajstić information content (AvgIpc) is 3.10. The summed E-state index contributed by atoms with van der Waals surface area (Å²) >= 11 is 1.63. The van der Waals surface area contributed by atoms with E-state index in [4.69, 9.17) is 0 Å². The van der Waals surface area contributed by atoms with E-state index in [1.807, 2.05) is 24.4 Å². The minimum Gasteiger partial charge on any atom is -0.354 e. The van der Waals surface area contributed by atoms with Crippen LogP contribution in [0, 0.1) is 0 Å². The fourth-order valence-corrected chi connectivity index (χ4v) is 4.82. The highest BCUT2D eigenvalue weighted by Gasteiger charge is 2.44. The molecule has 0 bridgehead atoms. The van der Waals surface area contributed by atoms with E-state index in [1.54, 1.807) is 11.3 Å². The summed E-state index contributed by atoms with van der Waals surface area (Å²) in [6.07, 6.45) is 9.40. The van der Waals surface area contributed by atoms with Crippen molar-refractivity contribution >= 4 is 22.4 Å². The Bertz CT molecular complexity index is 545. The number of aromatic nitrogens is 1. The Morgan fingerprint density at radius 1 is 1.21 bits per heavy atom. The molecule has 24 heavy (non-hydrogen) atoms. The molecule has 1 aliphatic carbocycles. The van der Waals surface area contributed by atoms with Gasteiger partial charge in [0.25, 0.3) is 0 Å². The number of amides is 1. The first kappa shape index (κ1) is 17.7. The van der Waals surface area contributed by atoms with Gasteiger partial charge in [-0.2, -0.15) is 0 Å². The monoisotopic (exact) mass is 350 g/mol. The van der Waals surface area contributed by atoms with Gasteiger partial charge in [-0.25, -0.2) is 4.98 Å². The third kappa shape index (κ3) is 3.75. The second-order valence-corrected chi connectivity index (χ2v) is 8.18. The largest absolute Gasteiger partial charge is 0.354 e. The molecule has 0 atom stereocenters.